The van der Waals surface area contributed by atoms with Gasteiger partial charge in [0, 0.05) is 11.8 Å². The molecule has 21 heavy (non-hydrogen) atoms. The number of nitrogens with zero attached hydrogens (tertiary/aromatic N) is 1. The average Bonchev–Trinajstić information content (AvgIpc) is 2.90. The number of thiazole rings is 1. The fourth-order valence-corrected chi connectivity index (χ4v) is 4.00. The Kier molecular flexibility index (Phi) is 4.19. The van der Waals surface area contributed by atoms with Gasteiger partial charge in [-0.25, -0.2) is 13.8 Å². The molecular weight excluding hydrogens is 310 g/mol. The smallest absolute Gasteiger partial charge is 0.159 e. The number of para-hydroxylation sites is 1. The molecule has 0 bridgehead atoms. The third kappa shape index (κ3) is 3.23. The summed E-state index contributed by atoms with van der Waals surface area (Å²) < 4.78 is 28.1. The summed E-state index contributed by atoms with van der Waals surface area (Å²) in [6.45, 7) is 0. The van der Waals surface area contributed by atoms with E-state index >= 15 is 0 Å². The van der Waals surface area contributed by atoms with Crippen molar-refractivity contribution in [3.8, 4) is 0 Å². The molecule has 3 rings (SSSR count). The molecule has 0 saturated heterocycles. The lowest BCUT2D eigenvalue weighted by Crippen LogP contribution is -2.13. The molecule has 0 aliphatic heterocycles. The first-order chi connectivity index (χ1) is 10.1. The quantitative estimate of drug-likeness (QED) is 0.725. The van der Waals surface area contributed by atoms with E-state index in [1.54, 1.807) is 11.3 Å². The maximum atomic E-state index is 13.2. The summed E-state index contributed by atoms with van der Waals surface area (Å²) in [7, 11) is 0. The highest BCUT2D eigenvalue weighted by atomic mass is 32.2. The number of aromatic nitrogens is 1. The first kappa shape index (κ1) is 14.4. The predicted molar refractivity (Wildman–Crippen MR) is 83.6 cm³/mol. The topological polar surface area (TPSA) is 38.9 Å². The lowest BCUT2D eigenvalue weighted by molar-refractivity contribution is 0.506. The molecule has 0 radical (unpaired) electrons. The molecule has 0 spiro atoms. The van der Waals surface area contributed by atoms with Crippen molar-refractivity contribution in [3.63, 3.8) is 0 Å². The molecule has 2 aromatic carbocycles. The Balaban J connectivity index is 1.70. The number of fused-ring (bicyclic) bond motifs is 1. The molecule has 0 fully saturated rings. The van der Waals surface area contributed by atoms with Crippen molar-refractivity contribution in [1.29, 1.82) is 0 Å². The third-order valence-corrected chi connectivity index (χ3v) is 5.33. The number of benzene rings is 2. The van der Waals surface area contributed by atoms with Crippen LogP contribution in [0.1, 0.15) is 11.6 Å². The van der Waals surface area contributed by atoms with Crippen LogP contribution in [-0.4, -0.2) is 10.7 Å². The van der Waals surface area contributed by atoms with E-state index in [1.165, 1.54) is 17.8 Å². The van der Waals surface area contributed by atoms with Gasteiger partial charge in [0.1, 0.15) is 0 Å². The van der Waals surface area contributed by atoms with Gasteiger partial charge >= 0.3 is 0 Å². The summed E-state index contributed by atoms with van der Waals surface area (Å²) in [4.78, 5) is 4.50. The molecule has 1 atom stereocenters. The van der Waals surface area contributed by atoms with Crippen molar-refractivity contribution in [2.24, 2.45) is 5.73 Å². The van der Waals surface area contributed by atoms with Crippen LogP contribution < -0.4 is 5.73 Å². The lowest BCUT2D eigenvalue weighted by atomic mass is 10.1. The number of hydrogen-bond acceptors (Lipinski definition) is 4. The zero-order chi connectivity index (χ0) is 14.8. The highest BCUT2D eigenvalue weighted by Crippen LogP contribution is 2.31. The highest BCUT2D eigenvalue weighted by Gasteiger charge is 2.12. The van der Waals surface area contributed by atoms with E-state index in [0.717, 1.165) is 26.7 Å². The number of thioether (sulfide) groups is 1. The fraction of sp³-hybridized carbons (Fsp3) is 0.133. The van der Waals surface area contributed by atoms with Crippen molar-refractivity contribution in [2.45, 2.75) is 10.4 Å². The number of hydrogen-bond donors (Lipinski definition) is 1. The molecule has 1 unspecified atom stereocenters. The molecule has 6 heteroatoms. The minimum absolute atomic E-state index is 0.364. The van der Waals surface area contributed by atoms with Crippen LogP contribution in [0, 0.1) is 11.6 Å². The monoisotopic (exact) mass is 322 g/mol. The molecule has 1 aromatic heterocycles. The normalized spacial score (nSPS) is 12.7. The second kappa shape index (κ2) is 6.09. The first-order valence-corrected chi connectivity index (χ1v) is 8.12. The van der Waals surface area contributed by atoms with Gasteiger partial charge in [-0.2, -0.15) is 0 Å². The Morgan fingerprint density at radius 2 is 1.95 bits per heavy atom. The molecule has 0 aliphatic carbocycles. The van der Waals surface area contributed by atoms with Crippen molar-refractivity contribution < 1.29 is 8.78 Å². The van der Waals surface area contributed by atoms with Gasteiger partial charge in [-0.3, -0.25) is 0 Å². The molecule has 3 aromatic rings. The molecule has 1 heterocycles. The minimum Gasteiger partial charge on any atom is -0.323 e. The Hall–Kier alpha value is -1.50. The van der Waals surface area contributed by atoms with Gasteiger partial charge in [-0.1, -0.05) is 30.0 Å². The van der Waals surface area contributed by atoms with Gasteiger partial charge in [0.2, 0.25) is 0 Å². The highest BCUT2D eigenvalue weighted by molar-refractivity contribution is 8.01. The van der Waals surface area contributed by atoms with E-state index in [4.69, 9.17) is 5.73 Å². The van der Waals surface area contributed by atoms with Crippen LogP contribution in [0.2, 0.25) is 0 Å². The van der Waals surface area contributed by atoms with Crippen LogP contribution in [-0.2, 0) is 0 Å². The summed E-state index contributed by atoms with van der Waals surface area (Å²) >= 11 is 3.13. The zero-order valence-corrected chi connectivity index (χ0v) is 12.6. The Morgan fingerprint density at radius 1 is 1.14 bits per heavy atom. The zero-order valence-electron chi connectivity index (χ0n) is 10.9. The molecule has 2 N–H and O–H groups in total. The number of halogens is 2. The molecular formula is C15H12F2N2S2. The maximum Gasteiger partial charge on any atom is 0.159 e. The molecule has 0 amide bonds. The van der Waals surface area contributed by atoms with E-state index in [2.05, 4.69) is 4.98 Å². The second-order valence-corrected chi connectivity index (χ2v) is 6.84. The molecule has 108 valence electrons. The lowest BCUT2D eigenvalue weighted by Gasteiger charge is -2.10. The number of nitrogens with two attached hydrogens (primary N) is 1. The Morgan fingerprint density at radius 3 is 2.71 bits per heavy atom. The van der Waals surface area contributed by atoms with Crippen molar-refractivity contribution in [2.75, 3.05) is 5.75 Å². The summed E-state index contributed by atoms with van der Waals surface area (Å²) in [5, 5.41) is 0. The van der Waals surface area contributed by atoms with Gasteiger partial charge in [-0.15, -0.1) is 11.3 Å². The van der Waals surface area contributed by atoms with E-state index in [9.17, 15) is 8.78 Å². The average molecular weight is 322 g/mol. The van der Waals surface area contributed by atoms with Crippen LogP contribution in [0.25, 0.3) is 10.2 Å². The summed E-state index contributed by atoms with van der Waals surface area (Å²) in [5.74, 6) is -1.16. The molecule has 2 nitrogen and oxygen atoms in total. The van der Waals surface area contributed by atoms with Gasteiger partial charge in [-0.05, 0) is 29.8 Å². The fourth-order valence-electron chi connectivity index (χ4n) is 1.91. The van der Waals surface area contributed by atoms with Crippen LogP contribution in [0.15, 0.2) is 46.8 Å². The van der Waals surface area contributed by atoms with Crippen LogP contribution >= 0.6 is 23.1 Å². The Labute approximate surface area is 129 Å². The minimum atomic E-state index is -0.868. The summed E-state index contributed by atoms with van der Waals surface area (Å²) in [6, 6.07) is 11.3. The van der Waals surface area contributed by atoms with E-state index < -0.39 is 11.6 Å². The maximum absolute atomic E-state index is 13.2. The molecule has 0 aliphatic rings. The van der Waals surface area contributed by atoms with Crippen LogP contribution in [0.3, 0.4) is 0 Å². The number of rotatable bonds is 4. The van der Waals surface area contributed by atoms with E-state index in [1.807, 2.05) is 24.3 Å². The first-order valence-electron chi connectivity index (χ1n) is 6.32. The predicted octanol–water partition coefficient (Wildman–Crippen LogP) is 4.37. The molecule has 0 saturated carbocycles. The van der Waals surface area contributed by atoms with Gasteiger partial charge < -0.3 is 5.73 Å². The third-order valence-electron chi connectivity index (χ3n) is 3.03. The van der Waals surface area contributed by atoms with E-state index in [-0.39, 0.29) is 6.04 Å². The van der Waals surface area contributed by atoms with Crippen LogP contribution in [0.4, 0.5) is 8.78 Å². The van der Waals surface area contributed by atoms with Crippen molar-refractivity contribution in [3.05, 3.63) is 59.7 Å². The van der Waals surface area contributed by atoms with Crippen LogP contribution in [0.5, 0.6) is 0 Å². The summed E-state index contributed by atoms with van der Waals surface area (Å²) in [6.07, 6.45) is 0. The van der Waals surface area contributed by atoms with Gasteiger partial charge in [0.25, 0.3) is 0 Å². The standard InChI is InChI=1S/C15H12F2N2S2/c16-10-6-5-9(7-11(10)17)12(18)8-20-15-19-13-3-1-2-4-14(13)21-15/h1-7,12H,8,18H2. The second-order valence-electron chi connectivity index (χ2n) is 4.54. The summed E-state index contributed by atoms with van der Waals surface area (Å²) in [5.41, 5.74) is 7.57. The largest absolute Gasteiger partial charge is 0.323 e. The van der Waals surface area contributed by atoms with Gasteiger partial charge in [0.15, 0.2) is 16.0 Å². The van der Waals surface area contributed by atoms with E-state index in [0.29, 0.717) is 11.3 Å². The van der Waals surface area contributed by atoms with Gasteiger partial charge in [0.05, 0.1) is 10.2 Å². The Bertz CT molecular complexity index is 740. The SMILES string of the molecule is NC(CSc1nc2ccccc2s1)c1ccc(F)c(F)c1. The van der Waals surface area contributed by atoms with Crippen molar-refractivity contribution >= 4 is 33.3 Å². The van der Waals surface area contributed by atoms with Crippen molar-refractivity contribution in [1.82, 2.24) is 4.98 Å².